The van der Waals surface area contributed by atoms with Crippen molar-refractivity contribution in [2.24, 2.45) is 0 Å². The summed E-state index contributed by atoms with van der Waals surface area (Å²) in [6, 6.07) is 110. The van der Waals surface area contributed by atoms with E-state index >= 15 is 0 Å². The second kappa shape index (κ2) is 19.0. The van der Waals surface area contributed by atoms with E-state index in [1.165, 1.54) is 65.9 Å². The van der Waals surface area contributed by atoms with Crippen molar-refractivity contribution in [3.63, 3.8) is 0 Å². The van der Waals surface area contributed by atoms with Crippen LogP contribution in [0.25, 0.3) is 88.4 Å². The molecule has 4 heteroatoms. The summed E-state index contributed by atoms with van der Waals surface area (Å²) >= 11 is 0. The average Bonchev–Trinajstić information content (AvgIpc) is 4.09. The smallest absolute Gasteiger partial charge is 0.0541 e. The first-order valence-electron chi connectivity index (χ1n) is 26.0. The highest BCUT2D eigenvalue weighted by Gasteiger charge is 2.18. The molecule has 0 aliphatic rings. The minimum absolute atomic E-state index is 1.09. The van der Waals surface area contributed by atoms with E-state index in [0.29, 0.717) is 0 Å². The maximum atomic E-state index is 2.37. The van der Waals surface area contributed by atoms with Gasteiger partial charge >= 0.3 is 0 Å². The molecule has 0 N–H and O–H groups in total. The summed E-state index contributed by atoms with van der Waals surface area (Å²) in [4.78, 5) is 4.66. The molecule has 14 aromatic rings. The van der Waals surface area contributed by atoms with Crippen molar-refractivity contribution in [1.82, 2.24) is 9.13 Å². The van der Waals surface area contributed by atoms with Crippen molar-refractivity contribution in [2.75, 3.05) is 9.80 Å². The number of nitrogens with zero attached hydrogens (tertiary/aromatic N) is 4. The van der Waals surface area contributed by atoms with Gasteiger partial charge in [0, 0.05) is 67.0 Å². The third-order valence-electron chi connectivity index (χ3n) is 14.9. The molecule has 0 saturated heterocycles. The fourth-order valence-electron chi connectivity index (χ4n) is 11.3. The lowest BCUT2D eigenvalue weighted by atomic mass is 10.0. The highest BCUT2D eigenvalue weighted by Crippen LogP contribution is 2.42. The Morgan fingerprint density at radius 2 is 0.434 bits per heavy atom. The molecule has 0 aliphatic carbocycles. The highest BCUT2D eigenvalue weighted by atomic mass is 15.1. The molecule has 0 unspecified atom stereocenters. The van der Waals surface area contributed by atoms with Crippen molar-refractivity contribution in [3.05, 3.63) is 303 Å². The Bertz CT molecular complexity index is 4050. The molecule has 4 nitrogen and oxygen atoms in total. The zero-order valence-electron chi connectivity index (χ0n) is 41.7. The van der Waals surface area contributed by atoms with Gasteiger partial charge in [-0.05, 0) is 167 Å². The van der Waals surface area contributed by atoms with Crippen molar-refractivity contribution in [2.45, 2.75) is 0 Å². The van der Waals surface area contributed by atoms with Crippen LogP contribution in [0.15, 0.2) is 303 Å². The summed E-state index contributed by atoms with van der Waals surface area (Å²) in [7, 11) is 0. The van der Waals surface area contributed by atoms with Gasteiger partial charge in [-0.1, -0.05) is 170 Å². The van der Waals surface area contributed by atoms with Gasteiger partial charge in [0.25, 0.3) is 0 Å². The monoisotopic (exact) mass is 970 g/mol. The first-order chi connectivity index (χ1) is 37.7. The number of anilines is 6. The van der Waals surface area contributed by atoms with Gasteiger partial charge in [-0.15, -0.1) is 0 Å². The third kappa shape index (κ3) is 7.97. The zero-order valence-corrected chi connectivity index (χ0v) is 41.7. The molecule has 14 rings (SSSR count). The Morgan fingerprint density at radius 1 is 0.184 bits per heavy atom. The van der Waals surface area contributed by atoms with Crippen LogP contribution >= 0.6 is 0 Å². The molecule has 76 heavy (non-hydrogen) atoms. The summed E-state index contributed by atoms with van der Waals surface area (Å²) in [6.07, 6.45) is 0. The summed E-state index contributed by atoms with van der Waals surface area (Å²) in [5.74, 6) is 0. The predicted molar refractivity (Wildman–Crippen MR) is 321 cm³/mol. The highest BCUT2D eigenvalue weighted by molar-refractivity contribution is 6.11. The summed E-state index contributed by atoms with van der Waals surface area (Å²) in [5, 5.41) is 4.99. The summed E-state index contributed by atoms with van der Waals surface area (Å²) < 4.78 is 4.73. The minimum Gasteiger partial charge on any atom is -0.311 e. The van der Waals surface area contributed by atoms with Crippen LogP contribution < -0.4 is 9.80 Å². The van der Waals surface area contributed by atoms with Gasteiger partial charge in [-0.2, -0.15) is 0 Å². The van der Waals surface area contributed by atoms with Crippen LogP contribution in [-0.2, 0) is 0 Å². The molecule has 0 atom stereocenters. The van der Waals surface area contributed by atoms with E-state index in [9.17, 15) is 0 Å². The number of hydrogen-bond donors (Lipinski definition) is 0. The molecule has 0 aliphatic heterocycles. The topological polar surface area (TPSA) is 16.3 Å². The lowest BCUT2D eigenvalue weighted by molar-refractivity contribution is 1.18. The van der Waals surface area contributed by atoms with Crippen molar-refractivity contribution < 1.29 is 0 Å². The number of rotatable bonds is 11. The van der Waals surface area contributed by atoms with E-state index in [4.69, 9.17) is 0 Å². The lowest BCUT2D eigenvalue weighted by Gasteiger charge is -2.26. The molecule has 2 heterocycles. The summed E-state index contributed by atoms with van der Waals surface area (Å²) in [5.41, 5.74) is 20.8. The van der Waals surface area contributed by atoms with E-state index < -0.39 is 0 Å². The molecule has 0 bridgehead atoms. The van der Waals surface area contributed by atoms with Gasteiger partial charge in [0.2, 0.25) is 0 Å². The zero-order chi connectivity index (χ0) is 50.4. The minimum atomic E-state index is 1.09. The van der Waals surface area contributed by atoms with Crippen LogP contribution in [-0.4, -0.2) is 9.13 Å². The van der Waals surface area contributed by atoms with E-state index in [-0.39, 0.29) is 0 Å². The van der Waals surface area contributed by atoms with Crippen LogP contribution in [0.1, 0.15) is 0 Å². The normalized spacial score (nSPS) is 11.4. The first-order valence-corrected chi connectivity index (χ1v) is 26.0. The summed E-state index contributed by atoms with van der Waals surface area (Å²) in [6.45, 7) is 0. The van der Waals surface area contributed by atoms with Gasteiger partial charge in [0.05, 0.1) is 22.1 Å². The van der Waals surface area contributed by atoms with Crippen LogP contribution in [0.5, 0.6) is 0 Å². The van der Waals surface area contributed by atoms with Crippen LogP contribution in [0, 0.1) is 0 Å². The fourth-order valence-corrected chi connectivity index (χ4v) is 11.3. The number of hydrogen-bond acceptors (Lipinski definition) is 2. The number of aromatic nitrogens is 2. The van der Waals surface area contributed by atoms with Gasteiger partial charge in [-0.3, -0.25) is 0 Å². The Hall–Kier alpha value is -10.2. The second-order valence-corrected chi connectivity index (χ2v) is 19.4. The quantitative estimate of drug-likeness (QED) is 0.128. The molecule has 0 saturated carbocycles. The van der Waals surface area contributed by atoms with Crippen LogP contribution in [0.2, 0.25) is 0 Å². The van der Waals surface area contributed by atoms with Gasteiger partial charge < -0.3 is 18.9 Å². The number of para-hydroxylation sites is 6. The first kappa shape index (κ1) is 44.5. The molecule has 358 valence electrons. The average molecular weight is 971 g/mol. The SMILES string of the molecule is c1ccc(N(c2ccc(-c3ccc(N(c4ccccc4)c4ccc(-c5ccc6c(c5)c5ccccc5n6-c5ccccc5)cc4)cc3)cc2)c2ccc(-c3ccc4c(c3)c3ccccc3n4-c3ccccc3)cc2)cc1. The largest absolute Gasteiger partial charge is 0.311 e. The molecule has 0 amide bonds. The Kier molecular flexibility index (Phi) is 11.2. The molecule has 0 fully saturated rings. The molecule has 0 spiro atoms. The van der Waals surface area contributed by atoms with Crippen LogP contribution in [0.4, 0.5) is 34.1 Å². The molecule has 0 radical (unpaired) electrons. The fraction of sp³-hybridized carbons (Fsp3) is 0. The van der Waals surface area contributed by atoms with E-state index in [1.807, 2.05) is 0 Å². The van der Waals surface area contributed by atoms with E-state index in [1.54, 1.807) is 0 Å². The van der Waals surface area contributed by atoms with Crippen molar-refractivity contribution in [1.29, 1.82) is 0 Å². The molecule has 2 aromatic heterocycles. The number of fused-ring (bicyclic) bond motifs is 6. The predicted octanol–water partition coefficient (Wildman–Crippen LogP) is 19.8. The van der Waals surface area contributed by atoms with Crippen LogP contribution in [0.3, 0.4) is 0 Å². The Balaban J connectivity index is 0.739. The van der Waals surface area contributed by atoms with Crippen molar-refractivity contribution in [3.8, 4) is 44.8 Å². The Morgan fingerprint density at radius 3 is 0.776 bits per heavy atom. The second-order valence-electron chi connectivity index (χ2n) is 19.4. The maximum Gasteiger partial charge on any atom is 0.0541 e. The van der Waals surface area contributed by atoms with E-state index in [2.05, 4.69) is 322 Å². The number of benzene rings is 12. The standard InChI is InChI=1S/C72H50N4/c1-5-17-57(18-6-1)73(63-43-33-53(34-44-63)55-37-47-71-67(49-55)65-25-13-15-27-69(65)75(71)59-21-9-3-10-22-59)61-39-29-51(30-40-61)52-31-41-62(42-32-52)74(58-19-7-2-8-20-58)64-45-35-54(36-46-64)56-38-48-72-68(50-56)66-26-14-16-28-70(66)76(72)60-23-11-4-12-24-60/h1-50H. The molecular weight excluding hydrogens is 921 g/mol. The van der Waals surface area contributed by atoms with Gasteiger partial charge in [-0.25, -0.2) is 0 Å². The van der Waals surface area contributed by atoms with Gasteiger partial charge in [0.15, 0.2) is 0 Å². The molecule has 12 aromatic carbocycles. The molecular formula is C72H50N4. The third-order valence-corrected chi connectivity index (χ3v) is 14.9. The van der Waals surface area contributed by atoms with E-state index in [0.717, 1.165) is 56.6 Å². The van der Waals surface area contributed by atoms with Gasteiger partial charge in [0.1, 0.15) is 0 Å². The maximum absolute atomic E-state index is 2.37. The Labute approximate surface area is 442 Å². The lowest BCUT2D eigenvalue weighted by Crippen LogP contribution is -2.10. The van der Waals surface area contributed by atoms with Crippen molar-refractivity contribution >= 4 is 77.7 Å².